The van der Waals surface area contributed by atoms with Crippen LogP contribution in [0.4, 0.5) is 0 Å². The maximum absolute atomic E-state index is 10.3. The second-order valence-corrected chi connectivity index (χ2v) is 4.00. The summed E-state index contributed by atoms with van der Waals surface area (Å²) in [7, 11) is 0. The van der Waals surface area contributed by atoms with Gasteiger partial charge in [-0.3, -0.25) is 0 Å². The van der Waals surface area contributed by atoms with Gasteiger partial charge in [0, 0.05) is 5.91 Å². The molecule has 1 amide bonds. The monoisotopic (exact) mass is 221 g/mol. The predicted molar refractivity (Wildman–Crippen MR) is 61.2 cm³/mol. The van der Waals surface area contributed by atoms with Crippen molar-refractivity contribution in [3.8, 4) is 0 Å². The summed E-state index contributed by atoms with van der Waals surface area (Å²) >= 11 is 0. The van der Waals surface area contributed by atoms with Crippen molar-refractivity contribution in [3.05, 3.63) is 5.73 Å². The normalized spacial score (nSPS) is 9.67. The molecule has 0 unspecified atom stereocenters. The molecule has 0 heterocycles. The molecule has 84 valence electrons. The topological polar surface area (TPSA) is 40.9 Å². The summed E-state index contributed by atoms with van der Waals surface area (Å²) in [5, 5.41) is 0. The fourth-order valence-electron chi connectivity index (χ4n) is 1.60. The Balaban J connectivity index is 0. The van der Waals surface area contributed by atoms with Crippen molar-refractivity contribution in [1.82, 2.24) is 0 Å². The molecule has 15 heavy (non-hydrogen) atoms. The first-order valence-electron chi connectivity index (χ1n) is 6.01. The molecule has 0 rings (SSSR count). The molecule has 0 aromatic heterocycles. The van der Waals surface area contributed by atoms with Gasteiger partial charge >= 0.3 is 29.6 Å². The molecule has 1 N–H and O–H groups in total. The van der Waals surface area contributed by atoms with Gasteiger partial charge in [-0.2, -0.15) is 0 Å². The molecule has 0 aliphatic rings. The molecule has 0 aromatic rings. The minimum absolute atomic E-state index is 0. The van der Waals surface area contributed by atoms with Crippen molar-refractivity contribution in [2.24, 2.45) is 0 Å². The van der Waals surface area contributed by atoms with E-state index in [0.29, 0.717) is 6.42 Å². The average molecular weight is 221 g/mol. The van der Waals surface area contributed by atoms with Gasteiger partial charge in [0.2, 0.25) is 0 Å². The zero-order chi connectivity index (χ0) is 10.6. The smallest absolute Gasteiger partial charge is 0.668 e. The fraction of sp³-hybridized carbons (Fsp3) is 0.917. The number of amides is 1. The molecular weight excluding hydrogens is 197 g/mol. The average Bonchev–Trinajstić information content (AvgIpc) is 2.15. The zero-order valence-corrected chi connectivity index (χ0v) is 12.5. The first kappa shape index (κ1) is 17.9. The number of hydrogen-bond acceptors (Lipinski definition) is 1. The van der Waals surface area contributed by atoms with Crippen molar-refractivity contribution in [1.29, 1.82) is 0 Å². The SMILES string of the molecule is CCCCCCCCCCCC([NH-])=O.[Na+]. The Morgan fingerprint density at radius 3 is 1.67 bits per heavy atom. The summed E-state index contributed by atoms with van der Waals surface area (Å²) in [4.78, 5) is 10.3. The van der Waals surface area contributed by atoms with E-state index in [4.69, 9.17) is 5.73 Å². The Morgan fingerprint density at radius 2 is 1.27 bits per heavy atom. The molecule has 0 fully saturated rings. The Morgan fingerprint density at radius 1 is 0.867 bits per heavy atom. The van der Waals surface area contributed by atoms with Gasteiger partial charge in [-0.05, 0) is 12.8 Å². The van der Waals surface area contributed by atoms with E-state index in [2.05, 4.69) is 6.92 Å². The van der Waals surface area contributed by atoms with Gasteiger partial charge in [0.1, 0.15) is 0 Å². The zero-order valence-electron chi connectivity index (χ0n) is 10.5. The maximum atomic E-state index is 10.3. The molecule has 0 spiro atoms. The molecule has 3 heteroatoms. The Hall–Kier alpha value is 0.470. The molecule has 2 nitrogen and oxygen atoms in total. The van der Waals surface area contributed by atoms with Gasteiger partial charge in [-0.25, -0.2) is 0 Å². The summed E-state index contributed by atoms with van der Waals surface area (Å²) < 4.78 is 0. The van der Waals surface area contributed by atoms with Crippen molar-refractivity contribution in [3.63, 3.8) is 0 Å². The van der Waals surface area contributed by atoms with Crippen molar-refractivity contribution >= 4 is 5.91 Å². The third-order valence-corrected chi connectivity index (χ3v) is 2.51. The first-order chi connectivity index (χ1) is 6.77. The van der Waals surface area contributed by atoms with E-state index < -0.39 is 5.91 Å². The van der Waals surface area contributed by atoms with Gasteiger partial charge in [-0.1, -0.05) is 58.3 Å². The van der Waals surface area contributed by atoms with Crippen LogP contribution < -0.4 is 29.6 Å². The minimum Gasteiger partial charge on any atom is -0.668 e. The van der Waals surface area contributed by atoms with Crippen LogP contribution in [0.5, 0.6) is 0 Å². The third kappa shape index (κ3) is 17.1. The van der Waals surface area contributed by atoms with Crippen molar-refractivity contribution in [2.75, 3.05) is 0 Å². The molecular formula is C12H24NNaO. The number of unbranched alkanes of at least 4 members (excludes halogenated alkanes) is 8. The maximum Gasteiger partial charge on any atom is 1.00 e. The van der Waals surface area contributed by atoms with E-state index in [-0.39, 0.29) is 29.6 Å². The summed E-state index contributed by atoms with van der Waals surface area (Å²) in [5.41, 5.74) is 6.73. The van der Waals surface area contributed by atoms with Crippen LogP contribution in [0.3, 0.4) is 0 Å². The van der Waals surface area contributed by atoms with Crippen LogP contribution in [0.2, 0.25) is 0 Å². The van der Waals surface area contributed by atoms with Crippen molar-refractivity contribution < 1.29 is 34.4 Å². The van der Waals surface area contributed by atoms with Gasteiger partial charge < -0.3 is 10.5 Å². The van der Waals surface area contributed by atoms with E-state index in [0.717, 1.165) is 12.8 Å². The molecule has 0 atom stereocenters. The van der Waals surface area contributed by atoms with Crippen LogP contribution in [0.1, 0.15) is 71.1 Å². The number of rotatable bonds is 10. The number of nitrogens with one attached hydrogen (secondary N) is 1. The Bertz CT molecular complexity index is 140. The summed E-state index contributed by atoms with van der Waals surface area (Å²) in [5.74, 6) is -0.409. The summed E-state index contributed by atoms with van der Waals surface area (Å²) in [6.45, 7) is 2.23. The third-order valence-electron chi connectivity index (χ3n) is 2.51. The van der Waals surface area contributed by atoms with Crippen LogP contribution in [0, 0.1) is 0 Å². The van der Waals surface area contributed by atoms with Crippen LogP contribution >= 0.6 is 0 Å². The second kappa shape index (κ2) is 14.5. The molecule has 0 aliphatic carbocycles. The van der Waals surface area contributed by atoms with Crippen LogP contribution in [0.25, 0.3) is 5.73 Å². The van der Waals surface area contributed by atoms with E-state index in [9.17, 15) is 4.79 Å². The Labute approximate surface area is 117 Å². The largest absolute Gasteiger partial charge is 1.00 e. The minimum atomic E-state index is -0.409. The molecule has 0 aromatic carbocycles. The fourth-order valence-corrected chi connectivity index (χ4v) is 1.60. The Kier molecular flexibility index (Phi) is 17.2. The van der Waals surface area contributed by atoms with E-state index in [1.807, 2.05) is 0 Å². The standard InChI is InChI=1S/C12H25NO.Na/c1-2-3-4-5-6-7-8-9-10-11-12(13)14;/h2-11H2,1H3,(H2,13,14);/q;+1/p-1. The van der Waals surface area contributed by atoms with Gasteiger partial charge in [0.05, 0.1) is 0 Å². The van der Waals surface area contributed by atoms with E-state index in [1.54, 1.807) is 0 Å². The first-order valence-corrected chi connectivity index (χ1v) is 6.01. The molecule has 0 saturated heterocycles. The van der Waals surface area contributed by atoms with Crippen molar-refractivity contribution in [2.45, 2.75) is 71.1 Å². The summed E-state index contributed by atoms with van der Waals surface area (Å²) in [6, 6.07) is 0. The quantitative estimate of drug-likeness (QED) is 0.407. The summed E-state index contributed by atoms with van der Waals surface area (Å²) in [6.07, 6.45) is 11.8. The van der Waals surface area contributed by atoms with Crippen LogP contribution in [-0.2, 0) is 4.79 Å². The molecule has 0 radical (unpaired) electrons. The number of hydrogen-bond donors (Lipinski definition) is 0. The van der Waals surface area contributed by atoms with E-state index >= 15 is 0 Å². The van der Waals surface area contributed by atoms with Crippen LogP contribution in [-0.4, -0.2) is 5.91 Å². The molecule has 0 saturated carbocycles. The molecule has 0 aliphatic heterocycles. The van der Waals surface area contributed by atoms with Crippen LogP contribution in [0.15, 0.2) is 0 Å². The van der Waals surface area contributed by atoms with Gasteiger partial charge in [0.15, 0.2) is 0 Å². The predicted octanol–water partition coefficient (Wildman–Crippen LogP) is 1.49. The van der Waals surface area contributed by atoms with Gasteiger partial charge in [-0.15, -0.1) is 0 Å². The van der Waals surface area contributed by atoms with E-state index in [1.165, 1.54) is 44.9 Å². The number of carbonyl (C=O) groups is 1. The number of carbonyl (C=O) groups excluding carboxylic acids is 1. The van der Waals surface area contributed by atoms with Gasteiger partial charge in [0.25, 0.3) is 0 Å². The molecule has 0 bridgehead atoms. The second-order valence-electron chi connectivity index (χ2n) is 4.00.